The lowest BCUT2D eigenvalue weighted by molar-refractivity contribution is -0.111. The molecule has 0 spiro atoms. The summed E-state index contributed by atoms with van der Waals surface area (Å²) in [5.41, 5.74) is 4.07. The van der Waals surface area contributed by atoms with Crippen LogP contribution in [0.1, 0.15) is 19.8 Å². The van der Waals surface area contributed by atoms with Crippen LogP contribution in [0, 0.1) is 0 Å². The van der Waals surface area contributed by atoms with Crippen LogP contribution in [-0.2, 0) is 9.53 Å². The number of nitrogens with zero attached hydrogens (tertiary/aromatic N) is 2. The quantitative estimate of drug-likeness (QED) is 0.737. The molecule has 0 aromatic carbocycles. The van der Waals surface area contributed by atoms with Crippen LogP contribution in [0.3, 0.4) is 0 Å². The molecule has 118 valence electrons. The maximum Gasteiger partial charge on any atom is 0.185 e. The van der Waals surface area contributed by atoms with E-state index in [1.165, 1.54) is 0 Å². The summed E-state index contributed by atoms with van der Waals surface area (Å²) in [4.78, 5) is 19.4. The number of ketones is 1. The highest BCUT2D eigenvalue weighted by Gasteiger charge is 2.37. The number of ether oxygens (including phenoxy) is 1. The van der Waals surface area contributed by atoms with Crippen molar-refractivity contribution in [3.63, 3.8) is 0 Å². The first kappa shape index (κ1) is 14.2. The molecule has 4 heteroatoms. The number of rotatable bonds is 2. The third kappa shape index (κ3) is 2.29. The summed E-state index contributed by atoms with van der Waals surface area (Å²) in [7, 11) is 2.05. The summed E-state index contributed by atoms with van der Waals surface area (Å²) in [6.45, 7) is 3.05. The van der Waals surface area contributed by atoms with Crippen molar-refractivity contribution >= 4 is 11.5 Å². The third-order valence-electron chi connectivity index (χ3n) is 4.88. The number of allylic oxidation sites excluding steroid dienone is 5. The molecule has 3 aliphatic carbocycles. The van der Waals surface area contributed by atoms with Crippen molar-refractivity contribution in [2.75, 3.05) is 13.6 Å². The number of carbonyl (C=O) groups excluding carboxylic acids is 1. The van der Waals surface area contributed by atoms with Crippen molar-refractivity contribution in [1.82, 2.24) is 4.90 Å². The molecule has 0 N–H and O–H groups in total. The van der Waals surface area contributed by atoms with Crippen molar-refractivity contribution in [2.24, 2.45) is 4.99 Å². The van der Waals surface area contributed by atoms with Crippen LogP contribution in [0.4, 0.5) is 0 Å². The Kier molecular flexibility index (Phi) is 3.33. The third-order valence-corrected chi connectivity index (χ3v) is 4.88. The molecule has 0 amide bonds. The number of aliphatic imine (C=N–C) groups is 1. The van der Waals surface area contributed by atoms with Gasteiger partial charge >= 0.3 is 0 Å². The maximum absolute atomic E-state index is 12.3. The van der Waals surface area contributed by atoms with E-state index < -0.39 is 0 Å². The lowest BCUT2D eigenvalue weighted by Gasteiger charge is -2.35. The molecule has 0 fully saturated rings. The van der Waals surface area contributed by atoms with E-state index in [9.17, 15) is 4.79 Å². The molecule has 23 heavy (non-hydrogen) atoms. The fraction of sp³-hybridized carbons (Fsp3) is 0.368. The molecular weight excluding hydrogens is 288 g/mol. The summed E-state index contributed by atoms with van der Waals surface area (Å²) >= 11 is 0. The van der Waals surface area contributed by atoms with Crippen LogP contribution in [0.5, 0.6) is 0 Å². The highest BCUT2D eigenvalue weighted by Crippen LogP contribution is 2.37. The standard InChI is InChI=1S/C19H20N2O2/c1-3-21(2)12-8-9-15-17(10-12)23-18-11-16(22)13-6-4-5-7-14(13)19(18)20-15/h4-5,8-11,17,19H,3,6-7H2,1-2H3. The first-order valence-electron chi connectivity index (χ1n) is 8.15. The molecule has 0 aromatic rings. The smallest absolute Gasteiger partial charge is 0.185 e. The minimum absolute atomic E-state index is 0.0791. The van der Waals surface area contributed by atoms with Gasteiger partial charge in [-0.05, 0) is 43.6 Å². The molecule has 4 rings (SSSR count). The largest absolute Gasteiger partial charge is 0.481 e. The van der Waals surface area contributed by atoms with Gasteiger partial charge in [0.15, 0.2) is 11.9 Å². The molecule has 0 radical (unpaired) electrons. The van der Waals surface area contributed by atoms with Gasteiger partial charge in [0.05, 0.1) is 5.71 Å². The molecule has 1 heterocycles. The van der Waals surface area contributed by atoms with Gasteiger partial charge in [-0.15, -0.1) is 0 Å². The first-order valence-corrected chi connectivity index (χ1v) is 8.15. The second-order valence-electron chi connectivity index (χ2n) is 6.23. The lowest BCUT2D eigenvalue weighted by atomic mass is 9.83. The topological polar surface area (TPSA) is 41.9 Å². The van der Waals surface area contributed by atoms with Gasteiger partial charge in [0, 0.05) is 30.9 Å². The Morgan fingerprint density at radius 3 is 2.96 bits per heavy atom. The van der Waals surface area contributed by atoms with Gasteiger partial charge in [-0.3, -0.25) is 9.79 Å². The molecule has 2 unspecified atom stereocenters. The Morgan fingerprint density at radius 1 is 1.30 bits per heavy atom. The van der Waals surface area contributed by atoms with Crippen molar-refractivity contribution < 1.29 is 9.53 Å². The van der Waals surface area contributed by atoms with Gasteiger partial charge in [0.2, 0.25) is 0 Å². The fourth-order valence-electron chi connectivity index (χ4n) is 3.41. The van der Waals surface area contributed by atoms with Crippen molar-refractivity contribution in [1.29, 1.82) is 0 Å². The zero-order chi connectivity index (χ0) is 16.0. The van der Waals surface area contributed by atoms with Crippen LogP contribution in [0.25, 0.3) is 0 Å². The van der Waals surface area contributed by atoms with Gasteiger partial charge in [-0.2, -0.15) is 0 Å². The summed E-state index contributed by atoms with van der Waals surface area (Å²) in [5.74, 6) is 0.776. The molecule has 4 aliphatic rings. The van der Waals surface area contributed by atoms with Crippen LogP contribution >= 0.6 is 0 Å². The van der Waals surface area contributed by atoms with Gasteiger partial charge in [-0.25, -0.2) is 0 Å². The van der Waals surface area contributed by atoms with E-state index in [4.69, 9.17) is 9.73 Å². The molecule has 0 aromatic heterocycles. The second-order valence-corrected chi connectivity index (χ2v) is 6.23. The van der Waals surface area contributed by atoms with E-state index in [1.54, 1.807) is 6.08 Å². The van der Waals surface area contributed by atoms with E-state index in [-0.39, 0.29) is 17.9 Å². The zero-order valence-corrected chi connectivity index (χ0v) is 13.5. The molecular formula is C19H20N2O2. The monoisotopic (exact) mass is 308 g/mol. The number of likely N-dealkylation sites (N-methyl/N-ethyl adjacent to an activating group) is 1. The van der Waals surface area contributed by atoms with E-state index in [0.717, 1.165) is 35.5 Å². The van der Waals surface area contributed by atoms with E-state index >= 15 is 0 Å². The molecule has 4 nitrogen and oxygen atoms in total. The van der Waals surface area contributed by atoms with E-state index in [1.807, 2.05) is 6.08 Å². The summed E-state index contributed by atoms with van der Waals surface area (Å²) in [5, 5.41) is 0. The number of hydrogen-bond donors (Lipinski definition) is 0. The highest BCUT2D eigenvalue weighted by molar-refractivity contribution is 6.08. The van der Waals surface area contributed by atoms with Crippen LogP contribution in [0.2, 0.25) is 0 Å². The highest BCUT2D eigenvalue weighted by atomic mass is 16.5. The molecule has 0 saturated carbocycles. The minimum atomic E-state index is -0.194. The SMILES string of the molecule is CCN(C)C1=CC2OC3=CC(=O)C4=C(CC=CC4)C3N=C2C=C1. The number of hydrogen-bond acceptors (Lipinski definition) is 4. The van der Waals surface area contributed by atoms with Gasteiger partial charge in [0.25, 0.3) is 0 Å². The Morgan fingerprint density at radius 2 is 2.13 bits per heavy atom. The summed E-state index contributed by atoms with van der Waals surface area (Å²) in [6.07, 6.45) is 13.3. The Hall–Kier alpha value is -2.36. The van der Waals surface area contributed by atoms with Crippen molar-refractivity contribution in [3.05, 3.63) is 59.1 Å². The summed E-state index contributed by atoms with van der Waals surface area (Å²) in [6, 6.07) is -0.123. The average molecular weight is 308 g/mol. The average Bonchev–Trinajstić information content (AvgIpc) is 2.59. The van der Waals surface area contributed by atoms with Crippen molar-refractivity contribution in [3.8, 4) is 0 Å². The minimum Gasteiger partial charge on any atom is -0.481 e. The number of carbonyl (C=O) groups is 1. The normalized spacial score (nSPS) is 28.1. The van der Waals surface area contributed by atoms with Crippen LogP contribution in [-0.4, -0.2) is 42.1 Å². The fourth-order valence-corrected chi connectivity index (χ4v) is 3.41. The molecule has 0 bridgehead atoms. The Balaban J connectivity index is 1.70. The Labute approximate surface area is 136 Å². The van der Waals surface area contributed by atoms with Gasteiger partial charge in [-0.1, -0.05) is 12.2 Å². The predicted molar refractivity (Wildman–Crippen MR) is 90.1 cm³/mol. The molecule has 0 saturated heterocycles. The zero-order valence-electron chi connectivity index (χ0n) is 13.5. The molecule has 1 aliphatic heterocycles. The number of fused-ring (bicyclic) bond motifs is 3. The van der Waals surface area contributed by atoms with Gasteiger partial charge in [0.1, 0.15) is 11.8 Å². The summed E-state index contributed by atoms with van der Waals surface area (Å²) < 4.78 is 6.14. The Bertz CT molecular complexity index is 749. The van der Waals surface area contributed by atoms with E-state index in [0.29, 0.717) is 12.2 Å². The second kappa shape index (κ2) is 5.37. The predicted octanol–water partition coefficient (Wildman–Crippen LogP) is 2.71. The molecule has 2 atom stereocenters. The lowest BCUT2D eigenvalue weighted by Crippen LogP contribution is -2.37. The van der Waals surface area contributed by atoms with E-state index in [2.05, 4.69) is 43.2 Å². The van der Waals surface area contributed by atoms with Crippen LogP contribution in [0.15, 0.2) is 64.1 Å². The van der Waals surface area contributed by atoms with Gasteiger partial charge < -0.3 is 9.64 Å². The van der Waals surface area contributed by atoms with Crippen molar-refractivity contribution in [2.45, 2.75) is 31.9 Å². The van der Waals surface area contributed by atoms with Crippen LogP contribution < -0.4 is 0 Å². The maximum atomic E-state index is 12.3. The first-order chi connectivity index (χ1) is 11.2.